The largest absolute Gasteiger partial charge is 0.496 e. The van der Waals surface area contributed by atoms with E-state index in [1.165, 1.54) is 18.7 Å². The quantitative estimate of drug-likeness (QED) is 0.784. The van der Waals surface area contributed by atoms with E-state index in [-0.39, 0.29) is 24.1 Å². The van der Waals surface area contributed by atoms with Gasteiger partial charge >= 0.3 is 6.18 Å². The number of nitrogens with one attached hydrogen (secondary N) is 1. The van der Waals surface area contributed by atoms with Crippen molar-refractivity contribution in [3.63, 3.8) is 0 Å². The molecule has 0 spiro atoms. The van der Waals surface area contributed by atoms with Gasteiger partial charge in [-0.3, -0.25) is 5.43 Å². The van der Waals surface area contributed by atoms with Gasteiger partial charge in [-0.1, -0.05) is 30.3 Å². The summed E-state index contributed by atoms with van der Waals surface area (Å²) in [5.41, 5.74) is 6.15. The second-order valence-electron chi connectivity index (χ2n) is 7.55. The Kier molecular flexibility index (Phi) is 5.55. The summed E-state index contributed by atoms with van der Waals surface area (Å²) in [7, 11) is 3.42. The van der Waals surface area contributed by atoms with Crippen LogP contribution in [-0.4, -0.2) is 31.9 Å². The summed E-state index contributed by atoms with van der Waals surface area (Å²) in [6.45, 7) is 0.869. The molecule has 0 amide bonds. The molecule has 156 valence electrons. The third-order valence-corrected chi connectivity index (χ3v) is 5.94. The molecular formula is C22H25F3N2O2. The van der Waals surface area contributed by atoms with E-state index in [1.807, 2.05) is 31.3 Å². The van der Waals surface area contributed by atoms with Crippen LogP contribution in [-0.2, 0) is 11.3 Å². The lowest BCUT2D eigenvalue weighted by Crippen LogP contribution is -2.44. The highest BCUT2D eigenvalue weighted by molar-refractivity contribution is 5.48. The molecule has 2 heterocycles. The summed E-state index contributed by atoms with van der Waals surface area (Å²) in [5.74, 6) is 0.580. The molecule has 2 aliphatic rings. The second-order valence-corrected chi connectivity index (χ2v) is 7.55. The lowest BCUT2D eigenvalue weighted by atomic mass is 9.79. The maximum absolute atomic E-state index is 13.3. The molecule has 3 atom stereocenters. The van der Waals surface area contributed by atoms with Crippen LogP contribution in [0, 0.1) is 0 Å². The van der Waals surface area contributed by atoms with Crippen LogP contribution in [0.4, 0.5) is 13.2 Å². The van der Waals surface area contributed by atoms with Crippen LogP contribution in [0.2, 0.25) is 0 Å². The van der Waals surface area contributed by atoms with E-state index in [1.54, 1.807) is 0 Å². The van der Waals surface area contributed by atoms with E-state index in [2.05, 4.69) is 22.6 Å². The first-order chi connectivity index (χ1) is 13.9. The molecule has 4 nitrogen and oxygen atoms in total. The third-order valence-electron chi connectivity index (χ3n) is 5.94. The zero-order valence-electron chi connectivity index (χ0n) is 16.5. The minimum atomic E-state index is -4.43. The van der Waals surface area contributed by atoms with E-state index >= 15 is 0 Å². The van der Waals surface area contributed by atoms with Gasteiger partial charge in [-0.2, -0.15) is 13.2 Å². The van der Waals surface area contributed by atoms with Crippen LogP contribution in [0.5, 0.6) is 5.75 Å². The molecular weight excluding hydrogens is 381 g/mol. The van der Waals surface area contributed by atoms with E-state index < -0.39 is 12.3 Å². The minimum absolute atomic E-state index is 0.0328. The Labute approximate surface area is 168 Å². The lowest BCUT2D eigenvalue weighted by molar-refractivity contribution is -0.219. The van der Waals surface area contributed by atoms with Gasteiger partial charge in [0.05, 0.1) is 19.8 Å². The maximum Gasteiger partial charge on any atom is 0.418 e. The Bertz CT molecular complexity index is 857. The van der Waals surface area contributed by atoms with Gasteiger partial charge in [-0.25, -0.2) is 5.01 Å². The molecule has 0 radical (unpaired) electrons. The van der Waals surface area contributed by atoms with Crippen molar-refractivity contribution >= 4 is 0 Å². The highest BCUT2D eigenvalue weighted by atomic mass is 19.4. The zero-order chi connectivity index (χ0) is 20.6. The average molecular weight is 406 g/mol. The number of fused-ring (bicyclic) bond motifs is 1. The Morgan fingerprint density at radius 1 is 1.14 bits per heavy atom. The van der Waals surface area contributed by atoms with Gasteiger partial charge in [-0.05, 0) is 54.3 Å². The van der Waals surface area contributed by atoms with E-state index in [9.17, 15) is 13.2 Å². The molecule has 29 heavy (non-hydrogen) atoms. The van der Waals surface area contributed by atoms with Crippen LogP contribution < -0.4 is 10.2 Å². The van der Waals surface area contributed by atoms with Crippen molar-refractivity contribution in [3.05, 3.63) is 64.7 Å². The van der Waals surface area contributed by atoms with Gasteiger partial charge in [0.2, 0.25) is 0 Å². The predicted octanol–water partition coefficient (Wildman–Crippen LogP) is 4.88. The molecule has 0 saturated carbocycles. The Hall–Kier alpha value is -2.09. The molecule has 1 saturated heterocycles. The number of ether oxygens (including phenoxy) is 2. The molecule has 1 N–H and O–H groups in total. The van der Waals surface area contributed by atoms with Gasteiger partial charge < -0.3 is 9.47 Å². The molecule has 2 aromatic carbocycles. The number of hydrazine groups is 1. The number of benzene rings is 2. The molecule has 0 bridgehead atoms. The molecule has 1 fully saturated rings. The fourth-order valence-electron chi connectivity index (χ4n) is 4.66. The second kappa shape index (κ2) is 7.97. The maximum atomic E-state index is 13.3. The monoisotopic (exact) mass is 406 g/mol. The molecule has 0 aromatic heterocycles. The van der Waals surface area contributed by atoms with Crippen LogP contribution in [0.1, 0.15) is 53.2 Å². The molecule has 1 unspecified atom stereocenters. The number of hydrogen-bond acceptors (Lipinski definition) is 4. The standard InChI is InChI=1S/C22H25F3N2O2/c1-26-27-10-6-9-16(20(27)14-7-4-3-5-8-14)18-11-15-13-29-21(22(23,24)25)17(15)12-19(18)28-2/h3-5,7-8,11-12,16,20-21,26H,6,9-10,13H2,1-2H3/t16-,20+,21?/m0/s1. The number of nitrogens with zero attached hydrogens (tertiary/aromatic N) is 1. The number of alkyl halides is 3. The zero-order valence-corrected chi connectivity index (χ0v) is 16.5. The fraction of sp³-hybridized carbons (Fsp3) is 0.455. The number of rotatable bonds is 4. The van der Waals surface area contributed by atoms with Gasteiger partial charge in [-0.15, -0.1) is 0 Å². The predicted molar refractivity (Wildman–Crippen MR) is 104 cm³/mol. The van der Waals surface area contributed by atoms with Gasteiger partial charge in [0, 0.05) is 12.5 Å². The highest BCUT2D eigenvalue weighted by Crippen LogP contribution is 2.49. The van der Waals surface area contributed by atoms with E-state index in [0.717, 1.165) is 24.9 Å². The van der Waals surface area contributed by atoms with Crippen molar-refractivity contribution in [2.75, 3.05) is 20.7 Å². The summed E-state index contributed by atoms with van der Waals surface area (Å²) in [6.07, 6.45) is -4.41. The number of piperidine rings is 1. The van der Waals surface area contributed by atoms with Crippen molar-refractivity contribution in [1.82, 2.24) is 10.4 Å². The van der Waals surface area contributed by atoms with Gasteiger partial charge in [0.1, 0.15) is 5.75 Å². The summed E-state index contributed by atoms with van der Waals surface area (Å²) in [6, 6.07) is 13.6. The Morgan fingerprint density at radius 3 is 2.55 bits per heavy atom. The summed E-state index contributed by atoms with van der Waals surface area (Å²) < 4.78 is 50.6. The number of methoxy groups -OCH3 is 1. The van der Waals surface area contributed by atoms with Crippen molar-refractivity contribution in [2.24, 2.45) is 0 Å². The van der Waals surface area contributed by atoms with Crippen molar-refractivity contribution in [2.45, 2.75) is 43.7 Å². The fourth-order valence-corrected chi connectivity index (χ4v) is 4.66. The first-order valence-electron chi connectivity index (χ1n) is 9.82. The molecule has 2 aromatic rings. The van der Waals surface area contributed by atoms with Crippen LogP contribution in [0.3, 0.4) is 0 Å². The molecule has 4 rings (SSSR count). The molecule has 2 aliphatic heterocycles. The third kappa shape index (κ3) is 3.74. The van der Waals surface area contributed by atoms with Crippen LogP contribution >= 0.6 is 0 Å². The smallest absolute Gasteiger partial charge is 0.418 e. The summed E-state index contributed by atoms with van der Waals surface area (Å²) in [4.78, 5) is 0. The van der Waals surface area contributed by atoms with Crippen molar-refractivity contribution in [1.29, 1.82) is 0 Å². The van der Waals surface area contributed by atoms with Gasteiger partial charge in [0.15, 0.2) is 6.10 Å². The number of hydrogen-bond donors (Lipinski definition) is 1. The average Bonchev–Trinajstić information content (AvgIpc) is 3.16. The molecule has 7 heteroatoms. The summed E-state index contributed by atoms with van der Waals surface area (Å²) >= 11 is 0. The first-order valence-corrected chi connectivity index (χ1v) is 9.82. The lowest BCUT2D eigenvalue weighted by Gasteiger charge is -2.42. The minimum Gasteiger partial charge on any atom is -0.496 e. The normalized spacial score (nSPS) is 25.1. The van der Waals surface area contributed by atoms with E-state index in [0.29, 0.717) is 11.3 Å². The van der Waals surface area contributed by atoms with Gasteiger partial charge in [0.25, 0.3) is 0 Å². The summed E-state index contributed by atoms with van der Waals surface area (Å²) in [5, 5.41) is 2.20. The van der Waals surface area contributed by atoms with Crippen molar-refractivity contribution in [3.8, 4) is 5.75 Å². The Morgan fingerprint density at radius 2 is 1.90 bits per heavy atom. The van der Waals surface area contributed by atoms with Crippen LogP contribution in [0.15, 0.2) is 42.5 Å². The molecule has 0 aliphatic carbocycles. The van der Waals surface area contributed by atoms with Crippen LogP contribution in [0.25, 0.3) is 0 Å². The first kappa shape index (κ1) is 20.2. The SMILES string of the molecule is CNN1CCC[C@@H](c2cc3c(cc2OC)C(C(F)(F)F)OC3)[C@H]1c1ccccc1. The van der Waals surface area contributed by atoms with E-state index in [4.69, 9.17) is 9.47 Å². The Balaban J connectivity index is 1.78. The topological polar surface area (TPSA) is 33.7 Å². The highest BCUT2D eigenvalue weighted by Gasteiger charge is 2.46. The van der Waals surface area contributed by atoms with Crippen molar-refractivity contribution < 1.29 is 22.6 Å². The number of halogens is 3.